The molecule has 1 aliphatic heterocycles. The molecule has 1 atom stereocenters. The van der Waals surface area contributed by atoms with Gasteiger partial charge in [-0.25, -0.2) is 0 Å². The molecule has 0 radical (unpaired) electrons. The maximum atomic E-state index is 11.3. The highest BCUT2D eigenvalue weighted by molar-refractivity contribution is 5.94. The topological polar surface area (TPSA) is 55.6 Å². The van der Waals surface area contributed by atoms with Crippen LogP contribution in [-0.4, -0.2) is 12.0 Å². The number of anilines is 1. The number of methoxy groups -OCH3 is 1. The normalized spacial score (nSPS) is 17.5. The Kier molecular flexibility index (Phi) is 6.00. The lowest BCUT2D eigenvalue weighted by molar-refractivity contribution is -0.384. The number of nitro benzene ring substituents is 1. The molecule has 4 aromatic rings. The molecular weight excluding hydrogens is 436 g/mol. The molecule has 172 valence electrons. The van der Waals surface area contributed by atoms with Crippen molar-refractivity contribution in [3.05, 3.63) is 154 Å². The van der Waals surface area contributed by atoms with E-state index in [-0.39, 0.29) is 10.6 Å². The van der Waals surface area contributed by atoms with Crippen molar-refractivity contribution in [1.29, 1.82) is 0 Å². The Balaban J connectivity index is 1.80. The standard InChI is InChI=1S/C30H24N2O3/c1-35-30(26-15-9-4-10-16-26)22-25(23-11-5-2-6-12-23)21-29(24-13-7-3-8-14-24)31(30)27-17-19-28(20-18-27)32(33)34/h2-22H,1H3. The zero-order valence-corrected chi connectivity index (χ0v) is 19.2. The summed E-state index contributed by atoms with van der Waals surface area (Å²) in [6.07, 6.45) is 4.26. The van der Waals surface area contributed by atoms with Crippen LogP contribution in [0.25, 0.3) is 11.3 Å². The number of allylic oxidation sites excluding steroid dienone is 2. The molecule has 35 heavy (non-hydrogen) atoms. The highest BCUT2D eigenvalue weighted by atomic mass is 16.6. The Morgan fingerprint density at radius 2 is 1.29 bits per heavy atom. The summed E-state index contributed by atoms with van der Waals surface area (Å²) >= 11 is 0. The van der Waals surface area contributed by atoms with Gasteiger partial charge in [-0.15, -0.1) is 0 Å². The number of non-ortho nitro benzene ring substituents is 1. The minimum absolute atomic E-state index is 0.0410. The maximum Gasteiger partial charge on any atom is 0.269 e. The van der Waals surface area contributed by atoms with Crippen LogP contribution in [0.2, 0.25) is 0 Å². The second-order valence-corrected chi connectivity index (χ2v) is 8.24. The summed E-state index contributed by atoms with van der Waals surface area (Å²) in [6.45, 7) is 0. The number of benzene rings is 4. The molecule has 5 rings (SSSR count). The van der Waals surface area contributed by atoms with Crippen LogP contribution in [0.1, 0.15) is 16.7 Å². The summed E-state index contributed by atoms with van der Waals surface area (Å²) in [5.74, 6) is 0. The zero-order chi connectivity index (χ0) is 24.3. The van der Waals surface area contributed by atoms with E-state index in [1.54, 1.807) is 19.2 Å². The fourth-order valence-electron chi connectivity index (χ4n) is 4.54. The van der Waals surface area contributed by atoms with Crippen LogP contribution in [-0.2, 0) is 10.5 Å². The van der Waals surface area contributed by atoms with Crippen LogP contribution in [0.5, 0.6) is 0 Å². The molecule has 0 fully saturated rings. The average Bonchev–Trinajstić information content (AvgIpc) is 2.93. The lowest BCUT2D eigenvalue weighted by Crippen LogP contribution is -2.47. The molecular formula is C30H24N2O3. The molecule has 5 heteroatoms. The Morgan fingerprint density at radius 1 is 0.743 bits per heavy atom. The summed E-state index contributed by atoms with van der Waals surface area (Å²) in [5, 5.41) is 11.3. The monoisotopic (exact) mass is 460 g/mol. The predicted molar refractivity (Wildman–Crippen MR) is 140 cm³/mol. The minimum atomic E-state index is -0.998. The van der Waals surface area contributed by atoms with E-state index in [9.17, 15) is 10.1 Å². The average molecular weight is 461 g/mol. The van der Waals surface area contributed by atoms with Crippen molar-refractivity contribution < 1.29 is 9.66 Å². The van der Waals surface area contributed by atoms with Crippen LogP contribution >= 0.6 is 0 Å². The maximum absolute atomic E-state index is 11.3. The van der Waals surface area contributed by atoms with Crippen molar-refractivity contribution in [3.63, 3.8) is 0 Å². The summed E-state index contributed by atoms with van der Waals surface area (Å²) in [7, 11) is 1.69. The van der Waals surface area contributed by atoms with Gasteiger partial charge in [-0.05, 0) is 41.0 Å². The van der Waals surface area contributed by atoms with Crippen LogP contribution in [0.15, 0.2) is 127 Å². The van der Waals surface area contributed by atoms with Gasteiger partial charge in [0.15, 0.2) is 5.72 Å². The molecule has 1 unspecified atom stereocenters. The Morgan fingerprint density at radius 3 is 1.83 bits per heavy atom. The van der Waals surface area contributed by atoms with E-state index in [1.165, 1.54) is 12.1 Å². The molecule has 0 spiro atoms. The van der Waals surface area contributed by atoms with Crippen LogP contribution in [0, 0.1) is 10.1 Å². The summed E-state index contributed by atoms with van der Waals surface area (Å²) < 4.78 is 6.39. The largest absolute Gasteiger partial charge is 0.351 e. The van der Waals surface area contributed by atoms with Gasteiger partial charge in [-0.2, -0.15) is 0 Å². The van der Waals surface area contributed by atoms with Crippen LogP contribution in [0.4, 0.5) is 11.4 Å². The first kappa shape index (κ1) is 22.3. The molecule has 1 aliphatic rings. The van der Waals surface area contributed by atoms with Gasteiger partial charge < -0.3 is 9.64 Å². The van der Waals surface area contributed by atoms with Crippen molar-refractivity contribution in [2.75, 3.05) is 12.0 Å². The van der Waals surface area contributed by atoms with Gasteiger partial charge in [0.2, 0.25) is 0 Å². The van der Waals surface area contributed by atoms with Gasteiger partial charge in [0, 0.05) is 30.5 Å². The summed E-state index contributed by atoms with van der Waals surface area (Å²) in [6, 6.07) is 36.9. The van der Waals surface area contributed by atoms with Gasteiger partial charge in [-0.3, -0.25) is 10.1 Å². The number of nitro groups is 1. The third-order valence-electron chi connectivity index (χ3n) is 6.21. The fourth-order valence-corrected chi connectivity index (χ4v) is 4.54. The van der Waals surface area contributed by atoms with E-state index in [0.717, 1.165) is 33.6 Å². The first-order chi connectivity index (χ1) is 17.1. The van der Waals surface area contributed by atoms with Crippen molar-refractivity contribution in [2.24, 2.45) is 0 Å². The number of hydrogen-bond donors (Lipinski definition) is 0. The lowest BCUT2D eigenvalue weighted by atomic mass is 9.88. The van der Waals surface area contributed by atoms with E-state index in [4.69, 9.17) is 4.74 Å². The van der Waals surface area contributed by atoms with Gasteiger partial charge in [0.1, 0.15) is 0 Å². The second kappa shape index (κ2) is 9.41. The number of rotatable bonds is 6. The molecule has 1 heterocycles. The van der Waals surface area contributed by atoms with Crippen LogP contribution in [0.3, 0.4) is 0 Å². The highest BCUT2D eigenvalue weighted by Gasteiger charge is 2.42. The first-order valence-electron chi connectivity index (χ1n) is 11.3. The van der Waals surface area contributed by atoms with Crippen molar-refractivity contribution >= 4 is 22.6 Å². The predicted octanol–water partition coefficient (Wildman–Crippen LogP) is 7.04. The molecule has 4 aromatic carbocycles. The van der Waals surface area contributed by atoms with Gasteiger partial charge >= 0.3 is 0 Å². The molecule has 0 aromatic heterocycles. The molecule has 0 saturated carbocycles. The molecule has 0 aliphatic carbocycles. The van der Waals surface area contributed by atoms with Crippen molar-refractivity contribution in [1.82, 2.24) is 0 Å². The molecule has 0 N–H and O–H groups in total. The molecule has 5 nitrogen and oxygen atoms in total. The Labute approximate surface area is 204 Å². The van der Waals surface area contributed by atoms with E-state index in [1.807, 2.05) is 66.7 Å². The Hall–Kier alpha value is -4.48. The fraction of sp³-hybridized carbons (Fsp3) is 0.0667. The van der Waals surface area contributed by atoms with Crippen LogP contribution < -0.4 is 4.90 Å². The van der Waals surface area contributed by atoms with Gasteiger partial charge in [0.05, 0.1) is 10.6 Å². The third kappa shape index (κ3) is 4.14. The van der Waals surface area contributed by atoms with E-state index in [2.05, 4.69) is 41.3 Å². The molecule has 0 saturated heterocycles. The smallest absolute Gasteiger partial charge is 0.269 e. The number of nitrogens with zero attached hydrogens (tertiary/aromatic N) is 2. The molecule has 0 bridgehead atoms. The summed E-state index contributed by atoms with van der Waals surface area (Å²) in [4.78, 5) is 13.0. The van der Waals surface area contributed by atoms with Crippen molar-refractivity contribution in [3.8, 4) is 0 Å². The number of hydrogen-bond acceptors (Lipinski definition) is 4. The third-order valence-corrected chi connectivity index (χ3v) is 6.21. The molecule has 0 amide bonds. The minimum Gasteiger partial charge on any atom is -0.351 e. The van der Waals surface area contributed by atoms with E-state index in [0.29, 0.717) is 0 Å². The zero-order valence-electron chi connectivity index (χ0n) is 19.2. The van der Waals surface area contributed by atoms with Crippen molar-refractivity contribution in [2.45, 2.75) is 5.72 Å². The summed E-state index contributed by atoms with van der Waals surface area (Å²) in [5.41, 5.74) is 4.78. The number of ether oxygens (including phenoxy) is 1. The Bertz CT molecular complexity index is 1380. The SMILES string of the molecule is COC1(c2ccccc2)C=C(c2ccccc2)C=C(c2ccccc2)N1c1ccc([N+](=O)[O-])cc1. The van der Waals surface area contributed by atoms with Gasteiger partial charge in [-0.1, -0.05) is 91.0 Å². The van der Waals surface area contributed by atoms with Gasteiger partial charge in [0.25, 0.3) is 5.69 Å². The van der Waals surface area contributed by atoms with E-state index < -0.39 is 5.72 Å². The lowest BCUT2D eigenvalue weighted by Gasteiger charge is -2.46. The quantitative estimate of drug-likeness (QED) is 0.229. The highest BCUT2D eigenvalue weighted by Crippen LogP contribution is 2.47. The first-order valence-corrected chi connectivity index (χ1v) is 11.3. The van der Waals surface area contributed by atoms with E-state index >= 15 is 0 Å². The second-order valence-electron chi connectivity index (χ2n) is 8.24.